The Morgan fingerprint density at radius 1 is 1.18 bits per heavy atom. The molecule has 1 unspecified atom stereocenters. The molecule has 186 valence electrons. The van der Waals surface area contributed by atoms with E-state index in [-0.39, 0.29) is 40.5 Å². The maximum atomic E-state index is 13.1. The van der Waals surface area contributed by atoms with E-state index in [0.29, 0.717) is 5.69 Å². The van der Waals surface area contributed by atoms with Crippen molar-refractivity contribution in [1.29, 1.82) is 0 Å². The number of hydrogen-bond donors (Lipinski definition) is 2. The number of nitrogens with one attached hydrogen (secondary N) is 2. The molecule has 2 aromatic carbocycles. The number of carbonyl (C=O) groups is 1. The molecular weight excluding hydrogens is 487 g/mol. The van der Waals surface area contributed by atoms with Crippen molar-refractivity contribution in [2.24, 2.45) is 5.92 Å². The summed E-state index contributed by atoms with van der Waals surface area (Å²) >= 11 is 0. The Morgan fingerprint density at radius 2 is 1.88 bits per heavy atom. The number of alkyl halides is 2. The lowest BCUT2D eigenvalue weighted by Crippen LogP contribution is -2.35. The normalized spacial score (nSPS) is 15.6. The molecular formula is C22H28F2N3O5PS. The zero-order chi connectivity index (χ0) is 24.9. The van der Waals surface area contributed by atoms with Crippen LogP contribution in [0.25, 0.3) is 0 Å². The third-order valence-electron chi connectivity index (χ3n) is 5.23. The molecule has 1 aliphatic heterocycles. The van der Waals surface area contributed by atoms with Crippen LogP contribution in [-0.4, -0.2) is 51.8 Å². The highest BCUT2D eigenvalue weighted by Crippen LogP contribution is 2.32. The van der Waals surface area contributed by atoms with E-state index in [0.717, 1.165) is 32.0 Å². The number of halogens is 2. The topological polar surface area (TPSA) is 97.0 Å². The highest BCUT2D eigenvalue weighted by atomic mass is 32.2. The number of sulfonamides is 1. The molecule has 1 saturated heterocycles. The van der Waals surface area contributed by atoms with E-state index in [1.54, 1.807) is 6.92 Å². The summed E-state index contributed by atoms with van der Waals surface area (Å²) in [6.07, 6.45) is 1.50. The van der Waals surface area contributed by atoms with Crippen LogP contribution in [0.3, 0.4) is 0 Å². The summed E-state index contributed by atoms with van der Waals surface area (Å²) in [7, 11) is -0.880. The van der Waals surface area contributed by atoms with Crippen molar-refractivity contribution in [3.63, 3.8) is 0 Å². The van der Waals surface area contributed by atoms with Crippen LogP contribution in [0.15, 0.2) is 47.4 Å². The van der Waals surface area contributed by atoms with Crippen molar-refractivity contribution < 1.29 is 31.5 Å². The highest BCUT2D eigenvalue weighted by Gasteiger charge is 2.26. The van der Waals surface area contributed by atoms with Gasteiger partial charge in [-0.3, -0.25) is 9.52 Å². The first kappa shape index (κ1) is 26.1. The fraction of sp³-hybridized carbons (Fsp3) is 0.409. The second-order valence-corrected chi connectivity index (χ2v) is 10.3. The molecule has 3 rings (SSSR count). The number of hydrogen-bond acceptors (Lipinski definition) is 6. The monoisotopic (exact) mass is 515 g/mol. The number of likely N-dealkylation sites (tertiary alicyclic amines) is 1. The maximum absolute atomic E-state index is 13.1. The van der Waals surface area contributed by atoms with Gasteiger partial charge < -0.3 is 19.7 Å². The first-order valence-electron chi connectivity index (χ1n) is 10.7. The van der Waals surface area contributed by atoms with E-state index in [1.165, 1.54) is 45.6 Å². The molecule has 1 amide bonds. The SMILES string of the molecule is CCOc1cc(NC(=O)C2CCN(C)CC2)ccc1S(=O)(=O)Nc1cccc(OC(F)(F)P)c1. The second-order valence-electron chi connectivity index (χ2n) is 7.96. The maximum Gasteiger partial charge on any atom is 0.408 e. The average molecular weight is 516 g/mol. The van der Waals surface area contributed by atoms with Gasteiger partial charge in [-0.25, -0.2) is 8.42 Å². The molecule has 12 heteroatoms. The van der Waals surface area contributed by atoms with Crippen molar-refractivity contribution >= 4 is 36.5 Å². The van der Waals surface area contributed by atoms with Gasteiger partial charge in [0.25, 0.3) is 10.0 Å². The van der Waals surface area contributed by atoms with Gasteiger partial charge in [0.05, 0.1) is 12.3 Å². The molecule has 1 fully saturated rings. The number of anilines is 2. The van der Waals surface area contributed by atoms with Crippen LogP contribution in [0.2, 0.25) is 0 Å². The molecule has 0 aromatic heterocycles. The molecule has 0 saturated carbocycles. The minimum absolute atomic E-state index is 0.0360. The summed E-state index contributed by atoms with van der Waals surface area (Å²) in [5, 5.41) is 2.84. The molecule has 0 bridgehead atoms. The molecule has 0 aliphatic carbocycles. The number of piperidine rings is 1. The number of amides is 1. The molecule has 1 heterocycles. The highest BCUT2D eigenvalue weighted by molar-refractivity contribution is 7.92. The Morgan fingerprint density at radius 3 is 2.53 bits per heavy atom. The minimum atomic E-state index is -4.14. The summed E-state index contributed by atoms with van der Waals surface area (Å²) < 4.78 is 64.6. The Labute approximate surface area is 200 Å². The Balaban J connectivity index is 1.79. The van der Waals surface area contributed by atoms with Crippen LogP contribution in [-0.2, 0) is 14.8 Å². The molecule has 2 aromatic rings. The fourth-order valence-electron chi connectivity index (χ4n) is 3.58. The molecule has 0 radical (unpaired) electrons. The van der Waals surface area contributed by atoms with Crippen LogP contribution in [0.5, 0.6) is 11.5 Å². The van der Waals surface area contributed by atoms with Crippen LogP contribution >= 0.6 is 9.24 Å². The molecule has 2 N–H and O–H groups in total. The van der Waals surface area contributed by atoms with E-state index in [9.17, 15) is 22.0 Å². The zero-order valence-electron chi connectivity index (χ0n) is 18.9. The molecule has 1 aliphatic rings. The van der Waals surface area contributed by atoms with Gasteiger partial charge in [-0.05, 0) is 73.4 Å². The molecule has 8 nitrogen and oxygen atoms in total. The second kappa shape index (κ2) is 10.8. The van der Waals surface area contributed by atoms with E-state index in [2.05, 4.69) is 19.7 Å². The third-order valence-corrected chi connectivity index (χ3v) is 6.77. The van der Waals surface area contributed by atoms with Gasteiger partial charge in [-0.2, -0.15) is 8.78 Å². The minimum Gasteiger partial charge on any atom is -0.492 e. The van der Waals surface area contributed by atoms with Gasteiger partial charge in [-0.15, -0.1) is 0 Å². The van der Waals surface area contributed by atoms with Crippen molar-refractivity contribution in [3.8, 4) is 11.5 Å². The average Bonchev–Trinajstić information content (AvgIpc) is 2.73. The first-order chi connectivity index (χ1) is 16.0. The Bertz CT molecular complexity index is 1120. The van der Waals surface area contributed by atoms with E-state index in [1.807, 2.05) is 7.05 Å². The lowest BCUT2D eigenvalue weighted by Gasteiger charge is -2.28. The van der Waals surface area contributed by atoms with E-state index in [4.69, 9.17) is 4.74 Å². The predicted octanol–water partition coefficient (Wildman–Crippen LogP) is 3.97. The predicted molar refractivity (Wildman–Crippen MR) is 129 cm³/mol. The van der Waals surface area contributed by atoms with Gasteiger partial charge >= 0.3 is 5.85 Å². The van der Waals surface area contributed by atoms with Gasteiger partial charge in [0.15, 0.2) is 0 Å². The fourth-order valence-corrected chi connectivity index (χ4v) is 4.89. The van der Waals surface area contributed by atoms with Gasteiger partial charge in [0.1, 0.15) is 16.4 Å². The smallest absolute Gasteiger partial charge is 0.408 e. The number of nitrogens with zero attached hydrogens (tertiary/aromatic N) is 1. The zero-order valence-corrected chi connectivity index (χ0v) is 20.9. The van der Waals surface area contributed by atoms with Crippen LogP contribution < -0.4 is 19.5 Å². The summed E-state index contributed by atoms with van der Waals surface area (Å²) in [6.45, 7) is 3.58. The Kier molecular flexibility index (Phi) is 8.33. The number of carbonyl (C=O) groups excluding carboxylic acids is 1. The summed E-state index contributed by atoms with van der Waals surface area (Å²) in [4.78, 5) is 14.6. The van der Waals surface area contributed by atoms with Crippen molar-refractivity contribution in [2.75, 3.05) is 36.8 Å². The standard InChI is InChI=1S/C22H28F2N3O5PS/c1-3-31-19-14-16(25-21(28)15-9-11-27(2)12-10-15)7-8-20(19)34(29,30)26-17-5-4-6-18(13-17)32-22(23,24)33/h4-8,13-15,26H,3,9-12,33H2,1-2H3,(H,25,28). The number of rotatable bonds is 9. The lowest BCUT2D eigenvalue weighted by atomic mass is 9.96. The summed E-state index contributed by atoms with van der Waals surface area (Å²) in [5.74, 6) is -3.88. The van der Waals surface area contributed by atoms with E-state index < -0.39 is 15.9 Å². The van der Waals surface area contributed by atoms with Crippen molar-refractivity contribution in [1.82, 2.24) is 4.90 Å². The first-order valence-corrected chi connectivity index (χ1v) is 12.8. The van der Waals surface area contributed by atoms with Crippen molar-refractivity contribution in [3.05, 3.63) is 42.5 Å². The van der Waals surface area contributed by atoms with Crippen LogP contribution in [0.1, 0.15) is 19.8 Å². The molecule has 1 atom stereocenters. The lowest BCUT2D eigenvalue weighted by molar-refractivity contribution is -0.121. The van der Waals surface area contributed by atoms with Crippen molar-refractivity contribution in [2.45, 2.75) is 30.5 Å². The quantitative estimate of drug-likeness (QED) is 0.491. The number of ether oxygens (including phenoxy) is 2. The summed E-state index contributed by atoms with van der Waals surface area (Å²) in [6, 6.07) is 9.48. The van der Waals surface area contributed by atoms with E-state index >= 15 is 0 Å². The third kappa shape index (κ3) is 7.25. The van der Waals surface area contributed by atoms with Crippen LogP contribution in [0.4, 0.5) is 20.2 Å². The van der Waals surface area contributed by atoms with Gasteiger partial charge in [0.2, 0.25) is 5.91 Å². The Hall–Kier alpha value is -2.49. The number of benzene rings is 2. The summed E-state index contributed by atoms with van der Waals surface area (Å²) in [5.41, 5.74) is 0.457. The van der Waals surface area contributed by atoms with Crippen LogP contribution in [0, 0.1) is 5.92 Å². The largest absolute Gasteiger partial charge is 0.492 e. The molecule has 0 spiro atoms. The molecule has 34 heavy (non-hydrogen) atoms. The van der Waals surface area contributed by atoms with Gasteiger partial charge in [-0.1, -0.05) is 6.07 Å². The van der Waals surface area contributed by atoms with Gasteiger partial charge in [0, 0.05) is 23.7 Å².